The van der Waals surface area contributed by atoms with Crippen LogP contribution < -0.4 is 5.32 Å². The standard InChI is InChI=1S/C11H15N5/c1-16-7-15-10-9(13-6-14-11(10)16)8-3-2-4-12-5-8/h6-8,12H,2-5H2,1H3. The van der Waals surface area contributed by atoms with Crippen LogP contribution in [0.1, 0.15) is 24.5 Å². The molecule has 0 radical (unpaired) electrons. The van der Waals surface area contributed by atoms with Crippen molar-refractivity contribution < 1.29 is 0 Å². The molecule has 5 heteroatoms. The average Bonchev–Trinajstić information content (AvgIpc) is 2.73. The molecule has 0 spiro atoms. The Morgan fingerprint density at radius 3 is 3.12 bits per heavy atom. The monoisotopic (exact) mass is 217 g/mol. The molecular formula is C11H15N5. The van der Waals surface area contributed by atoms with Gasteiger partial charge in [0.15, 0.2) is 5.65 Å². The second kappa shape index (κ2) is 3.83. The lowest BCUT2D eigenvalue weighted by molar-refractivity contribution is 0.456. The first kappa shape index (κ1) is 9.72. The van der Waals surface area contributed by atoms with E-state index in [0.717, 1.165) is 29.9 Å². The van der Waals surface area contributed by atoms with E-state index in [-0.39, 0.29) is 0 Å². The summed E-state index contributed by atoms with van der Waals surface area (Å²) in [5, 5.41) is 3.41. The Bertz CT molecular complexity index is 498. The summed E-state index contributed by atoms with van der Waals surface area (Å²) in [5.74, 6) is 0.481. The van der Waals surface area contributed by atoms with Gasteiger partial charge in [-0.05, 0) is 19.4 Å². The molecule has 1 unspecified atom stereocenters. The number of nitrogens with one attached hydrogen (secondary N) is 1. The van der Waals surface area contributed by atoms with Gasteiger partial charge in [0.25, 0.3) is 0 Å². The van der Waals surface area contributed by atoms with Crippen LogP contribution in [-0.2, 0) is 7.05 Å². The van der Waals surface area contributed by atoms with E-state index in [1.165, 1.54) is 12.8 Å². The van der Waals surface area contributed by atoms with Crippen molar-refractivity contribution in [1.29, 1.82) is 0 Å². The van der Waals surface area contributed by atoms with Gasteiger partial charge in [-0.3, -0.25) is 0 Å². The maximum absolute atomic E-state index is 4.42. The molecule has 0 aliphatic carbocycles. The zero-order chi connectivity index (χ0) is 11.0. The minimum atomic E-state index is 0.481. The van der Waals surface area contributed by atoms with Gasteiger partial charge < -0.3 is 9.88 Å². The number of fused-ring (bicyclic) bond motifs is 1. The fourth-order valence-corrected chi connectivity index (χ4v) is 2.35. The van der Waals surface area contributed by atoms with Gasteiger partial charge in [0.05, 0.1) is 12.0 Å². The predicted octanol–water partition coefficient (Wildman–Crippen LogP) is 0.830. The van der Waals surface area contributed by atoms with E-state index in [9.17, 15) is 0 Å². The number of piperidine rings is 1. The quantitative estimate of drug-likeness (QED) is 0.768. The highest BCUT2D eigenvalue weighted by molar-refractivity contribution is 5.73. The van der Waals surface area contributed by atoms with Crippen molar-refractivity contribution in [3.8, 4) is 0 Å². The lowest BCUT2D eigenvalue weighted by Gasteiger charge is -2.22. The number of imidazole rings is 1. The number of rotatable bonds is 1. The van der Waals surface area contributed by atoms with Gasteiger partial charge in [-0.1, -0.05) is 0 Å². The number of hydrogen-bond donors (Lipinski definition) is 1. The van der Waals surface area contributed by atoms with E-state index in [0.29, 0.717) is 5.92 Å². The van der Waals surface area contributed by atoms with E-state index < -0.39 is 0 Å². The van der Waals surface area contributed by atoms with E-state index in [2.05, 4.69) is 20.3 Å². The Hall–Kier alpha value is -1.49. The number of nitrogens with zero attached hydrogens (tertiary/aromatic N) is 4. The van der Waals surface area contributed by atoms with Crippen LogP contribution in [0.2, 0.25) is 0 Å². The Labute approximate surface area is 93.9 Å². The van der Waals surface area contributed by atoms with Crippen molar-refractivity contribution in [2.45, 2.75) is 18.8 Å². The molecule has 1 N–H and O–H groups in total. The summed E-state index contributed by atoms with van der Waals surface area (Å²) in [6, 6.07) is 0. The zero-order valence-corrected chi connectivity index (χ0v) is 9.35. The van der Waals surface area contributed by atoms with Crippen molar-refractivity contribution in [2.75, 3.05) is 13.1 Å². The molecule has 16 heavy (non-hydrogen) atoms. The van der Waals surface area contributed by atoms with Gasteiger partial charge in [-0.15, -0.1) is 0 Å². The molecule has 0 bridgehead atoms. The minimum Gasteiger partial charge on any atom is -0.318 e. The maximum atomic E-state index is 4.42. The molecule has 3 heterocycles. The van der Waals surface area contributed by atoms with E-state index in [1.807, 2.05) is 11.6 Å². The highest BCUT2D eigenvalue weighted by atomic mass is 15.1. The first-order chi connectivity index (χ1) is 7.86. The smallest absolute Gasteiger partial charge is 0.163 e. The van der Waals surface area contributed by atoms with Crippen molar-refractivity contribution in [1.82, 2.24) is 24.8 Å². The summed E-state index contributed by atoms with van der Waals surface area (Å²) >= 11 is 0. The molecule has 3 rings (SSSR count). The topological polar surface area (TPSA) is 55.6 Å². The molecule has 0 amide bonds. The summed E-state index contributed by atoms with van der Waals surface area (Å²) in [6.07, 6.45) is 5.85. The molecule has 1 saturated heterocycles. The number of hydrogen-bond acceptors (Lipinski definition) is 4. The van der Waals surface area contributed by atoms with Crippen LogP contribution in [-0.4, -0.2) is 32.6 Å². The van der Waals surface area contributed by atoms with Gasteiger partial charge in [-0.2, -0.15) is 0 Å². The lowest BCUT2D eigenvalue weighted by atomic mass is 9.95. The first-order valence-electron chi connectivity index (χ1n) is 5.69. The molecule has 0 aromatic carbocycles. The molecule has 0 saturated carbocycles. The van der Waals surface area contributed by atoms with Crippen LogP contribution in [0.15, 0.2) is 12.7 Å². The largest absolute Gasteiger partial charge is 0.318 e. The zero-order valence-electron chi connectivity index (χ0n) is 9.35. The van der Waals surface area contributed by atoms with Gasteiger partial charge in [0.2, 0.25) is 0 Å². The third-order valence-corrected chi connectivity index (χ3v) is 3.21. The Balaban J connectivity index is 2.08. The summed E-state index contributed by atoms with van der Waals surface area (Å²) < 4.78 is 1.94. The van der Waals surface area contributed by atoms with Crippen LogP contribution in [0.3, 0.4) is 0 Å². The van der Waals surface area contributed by atoms with Crippen molar-refractivity contribution in [2.24, 2.45) is 7.05 Å². The second-order valence-corrected chi connectivity index (χ2v) is 4.33. The SMILES string of the molecule is Cn1cnc2c(C3CCCNC3)ncnc21. The van der Waals surface area contributed by atoms with E-state index >= 15 is 0 Å². The fourth-order valence-electron chi connectivity index (χ4n) is 2.35. The highest BCUT2D eigenvalue weighted by Crippen LogP contribution is 2.25. The Kier molecular flexibility index (Phi) is 2.32. The normalized spacial score (nSPS) is 21.4. The van der Waals surface area contributed by atoms with Crippen molar-refractivity contribution in [3.63, 3.8) is 0 Å². The summed E-state index contributed by atoms with van der Waals surface area (Å²) in [6.45, 7) is 2.12. The molecule has 2 aromatic heterocycles. The van der Waals surface area contributed by atoms with Gasteiger partial charge in [0, 0.05) is 19.5 Å². The maximum Gasteiger partial charge on any atom is 0.163 e. The summed E-state index contributed by atoms with van der Waals surface area (Å²) in [5.41, 5.74) is 2.98. The van der Waals surface area contributed by atoms with Gasteiger partial charge in [0.1, 0.15) is 11.8 Å². The van der Waals surface area contributed by atoms with E-state index in [4.69, 9.17) is 0 Å². The molecule has 2 aromatic rings. The van der Waals surface area contributed by atoms with Crippen LogP contribution in [0.5, 0.6) is 0 Å². The summed E-state index contributed by atoms with van der Waals surface area (Å²) in [7, 11) is 1.96. The third-order valence-electron chi connectivity index (χ3n) is 3.21. The molecule has 1 aliphatic rings. The fraction of sp³-hybridized carbons (Fsp3) is 0.545. The lowest BCUT2D eigenvalue weighted by Crippen LogP contribution is -2.29. The Morgan fingerprint density at radius 2 is 2.31 bits per heavy atom. The van der Waals surface area contributed by atoms with Crippen LogP contribution in [0, 0.1) is 0 Å². The van der Waals surface area contributed by atoms with Gasteiger partial charge in [-0.25, -0.2) is 15.0 Å². The number of aromatic nitrogens is 4. The third kappa shape index (κ3) is 1.48. The molecular weight excluding hydrogens is 202 g/mol. The molecule has 1 atom stereocenters. The van der Waals surface area contributed by atoms with Gasteiger partial charge >= 0.3 is 0 Å². The molecule has 1 aliphatic heterocycles. The molecule has 5 nitrogen and oxygen atoms in total. The van der Waals surface area contributed by atoms with Crippen LogP contribution >= 0.6 is 0 Å². The predicted molar refractivity (Wildman–Crippen MR) is 61.1 cm³/mol. The first-order valence-corrected chi connectivity index (χ1v) is 5.69. The van der Waals surface area contributed by atoms with Crippen LogP contribution in [0.25, 0.3) is 11.2 Å². The summed E-state index contributed by atoms with van der Waals surface area (Å²) in [4.78, 5) is 13.1. The second-order valence-electron chi connectivity index (χ2n) is 4.33. The molecule has 84 valence electrons. The number of aryl methyl sites for hydroxylation is 1. The molecule has 1 fully saturated rings. The average molecular weight is 217 g/mol. The minimum absolute atomic E-state index is 0.481. The van der Waals surface area contributed by atoms with Crippen LogP contribution in [0.4, 0.5) is 0 Å². The Morgan fingerprint density at radius 1 is 1.38 bits per heavy atom. The van der Waals surface area contributed by atoms with Crippen molar-refractivity contribution in [3.05, 3.63) is 18.3 Å². The highest BCUT2D eigenvalue weighted by Gasteiger charge is 2.20. The van der Waals surface area contributed by atoms with E-state index in [1.54, 1.807) is 12.7 Å². The van der Waals surface area contributed by atoms with Crippen molar-refractivity contribution >= 4 is 11.2 Å².